The molecule has 0 atom stereocenters. The summed E-state index contributed by atoms with van der Waals surface area (Å²) in [6.07, 6.45) is 6.25. The maximum Gasteiger partial charge on any atom is 0.268 e. The largest absolute Gasteiger partial charge is 0.432 e. The van der Waals surface area contributed by atoms with Crippen LogP contribution in [0.25, 0.3) is 21.2 Å². The molecule has 1 fully saturated rings. The molecular weight excluding hydrogens is 422 g/mol. The van der Waals surface area contributed by atoms with Crippen molar-refractivity contribution in [2.75, 3.05) is 0 Å². The standard InChI is InChI=1S/C22H14F2N4O2S/c1-28-10-15(13-2-5-31-19(13)21(28)29)14-6-12(22(11-25)3-4-22)7-27-20(14)30-18-16(23)8-26-9-17(18)24/h2,5-10H,3-4H2,1H3. The summed E-state index contributed by atoms with van der Waals surface area (Å²) in [5, 5.41) is 12.1. The van der Waals surface area contributed by atoms with Gasteiger partial charge in [-0.3, -0.25) is 9.78 Å². The van der Waals surface area contributed by atoms with Crippen LogP contribution in [0.15, 0.2) is 47.1 Å². The van der Waals surface area contributed by atoms with Gasteiger partial charge in [-0.2, -0.15) is 5.26 Å². The molecule has 0 aromatic carbocycles. The molecule has 5 rings (SSSR count). The number of fused-ring (bicyclic) bond motifs is 1. The van der Waals surface area contributed by atoms with Gasteiger partial charge in [0.15, 0.2) is 11.6 Å². The van der Waals surface area contributed by atoms with Gasteiger partial charge in [0.2, 0.25) is 11.6 Å². The lowest BCUT2D eigenvalue weighted by Crippen LogP contribution is -2.15. The highest BCUT2D eigenvalue weighted by atomic mass is 32.1. The summed E-state index contributed by atoms with van der Waals surface area (Å²) in [6.45, 7) is 0. The van der Waals surface area contributed by atoms with E-state index in [0.717, 1.165) is 12.4 Å². The molecule has 6 nitrogen and oxygen atoms in total. The Morgan fingerprint density at radius 2 is 1.97 bits per heavy atom. The Balaban J connectivity index is 1.76. The van der Waals surface area contributed by atoms with Crippen LogP contribution in [0.5, 0.6) is 11.6 Å². The second-order valence-electron chi connectivity index (χ2n) is 7.43. The minimum atomic E-state index is -0.964. The molecule has 9 heteroatoms. The Hall–Kier alpha value is -3.64. The molecule has 154 valence electrons. The molecule has 0 saturated heterocycles. The molecule has 1 aliphatic carbocycles. The minimum absolute atomic E-state index is 0.0346. The molecule has 0 bridgehead atoms. The number of thiophene rings is 1. The second kappa shape index (κ2) is 6.96. The molecule has 1 aliphatic rings. The predicted molar refractivity (Wildman–Crippen MR) is 111 cm³/mol. The van der Waals surface area contributed by atoms with Crippen LogP contribution in [0.3, 0.4) is 0 Å². The minimum Gasteiger partial charge on any atom is -0.432 e. The highest BCUT2D eigenvalue weighted by molar-refractivity contribution is 7.17. The third kappa shape index (κ3) is 3.07. The quantitative estimate of drug-likeness (QED) is 0.464. The smallest absolute Gasteiger partial charge is 0.268 e. The lowest BCUT2D eigenvalue weighted by Gasteiger charge is -2.15. The van der Waals surface area contributed by atoms with Crippen molar-refractivity contribution in [3.8, 4) is 28.8 Å². The van der Waals surface area contributed by atoms with Crippen molar-refractivity contribution >= 4 is 21.4 Å². The number of aromatic nitrogens is 3. The van der Waals surface area contributed by atoms with Gasteiger partial charge in [0.05, 0.1) is 23.9 Å². The first-order valence-corrected chi connectivity index (χ1v) is 10.3. The summed E-state index contributed by atoms with van der Waals surface area (Å²) >= 11 is 1.30. The van der Waals surface area contributed by atoms with Gasteiger partial charge in [0.1, 0.15) is 4.70 Å². The Kier molecular flexibility index (Phi) is 4.34. The molecule has 0 aliphatic heterocycles. The van der Waals surface area contributed by atoms with E-state index in [1.165, 1.54) is 22.1 Å². The van der Waals surface area contributed by atoms with Crippen LogP contribution in [0.2, 0.25) is 0 Å². The van der Waals surface area contributed by atoms with Gasteiger partial charge in [0, 0.05) is 36.0 Å². The van der Waals surface area contributed by atoms with E-state index in [9.17, 15) is 18.8 Å². The maximum absolute atomic E-state index is 14.2. The van der Waals surface area contributed by atoms with Crippen LogP contribution in [-0.2, 0) is 12.5 Å². The number of pyridine rings is 3. The summed E-state index contributed by atoms with van der Waals surface area (Å²) in [4.78, 5) is 20.3. The summed E-state index contributed by atoms with van der Waals surface area (Å²) in [7, 11) is 1.63. The van der Waals surface area contributed by atoms with E-state index in [0.29, 0.717) is 39.6 Å². The molecule has 1 saturated carbocycles. The van der Waals surface area contributed by atoms with Gasteiger partial charge >= 0.3 is 0 Å². The Morgan fingerprint density at radius 1 is 1.23 bits per heavy atom. The number of aryl methyl sites for hydroxylation is 1. The second-order valence-corrected chi connectivity index (χ2v) is 8.34. The predicted octanol–water partition coefficient (Wildman–Crippen LogP) is 4.68. The van der Waals surface area contributed by atoms with Gasteiger partial charge < -0.3 is 9.30 Å². The zero-order valence-electron chi connectivity index (χ0n) is 16.2. The molecule has 0 radical (unpaired) electrons. The van der Waals surface area contributed by atoms with E-state index in [-0.39, 0.29) is 11.4 Å². The fourth-order valence-corrected chi connectivity index (χ4v) is 4.45. The average Bonchev–Trinajstić information content (AvgIpc) is 3.41. The number of nitriles is 1. The van der Waals surface area contributed by atoms with Crippen molar-refractivity contribution in [1.29, 1.82) is 5.26 Å². The van der Waals surface area contributed by atoms with E-state index >= 15 is 0 Å². The van der Waals surface area contributed by atoms with E-state index < -0.39 is 22.8 Å². The van der Waals surface area contributed by atoms with Gasteiger partial charge in [-0.05, 0) is 35.9 Å². The third-order valence-electron chi connectivity index (χ3n) is 5.46. The van der Waals surface area contributed by atoms with Crippen LogP contribution in [-0.4, -0.2) is 14.5 Å². The normalized spacial score (nSPS) is 14.4. The fourth-order valence-electron chi connectivity index (χ4n) is 3.56. The topological polar surface area (TPSA) is 80.8 Å². The molecule has 0 amide bonds. The lowest BCUT2D eigenvalue weighted by atomic mass is 9.95. The van der Waals surface area contributed by atoms with Crippen molar-refractivity contribution in [1.82, 2.24) is 14.5 Å². The first kappa shape index (κ1) is 19.3. The SMILES string of the molecule is Cn1cc(-c2cc(C3(C#N)CC3)cnc2Oc2c(F)cncc2F)c2ccsc2c1=O. The molecule has 31 heavy (non-hydrogen) atoms. The highest BCUT2D eigenvalue weighted by Crippen LogP contribution is 2.49. The van der Waals surface area contributed by atoms with E-state index in [2.05, 4.69) is 16.0 Å². The van der Waals surface area contributed by atoms with E-state index in [1.54, 1.807) is 30.8 Å². The number of halogens is 2. The number of hydrogen-bond donors (Lipinski definition) is 0. The van der Waals surface area contributed by atoms with Crippen molar-refractivity contribution in [3.05, 3.63) is 69.9 Å². The summed E-state index contributed by atoms with van der Waals surface area (Å²) in [5.41, 5.74) is 0.981. The molecule has 0 unspecified atom stereocenters. The summed E-state index contributed by atoms with van der Waals surface area (Å²) in [5.74, 6) is -2.58. The molecule has 4 aromatic heterocycles. The molecular formula is C22H14F2N4O2S. The number of hydrogen-bond acceptors (Lipinski definition) is 6. The van der Waals surface area contributed by atoms with Gasteiger partial charge in [0.25, 0.3) is 5.56 Å². The first-order valence-electron chi connectivity index (χ1n) is 9.39. The van der Waals surface area contributed by atoms with E-state index in [4.69, 9.17) is 4.74 Å². The number of ether oxygens (including phenoxy) is 1. The van der Waals surface area contributed by atoms with Gasteiger partial charge in [-0.15, -0.1) is 11.3 Å². The van der Waals surface area contributed by atoms with Crippen LogP contribution in [0.1, 0.15) is 18.4 Å². The highest BCUT2D eigenvalue weighted by Gasteiger charge is 2.45. The average molecular weight is 436 g/mol. The van der Waals surface area contributed by atoms with Crippen LogP contribution in [0, 0.1) is 23.0 Å². The number of rotatable bonds is 4. The van der Waals surface area contributed by atoms with Crippen molar-refractivity contribution < 1.29 is 13.5 Å². The third-order valence-corrected chi connectivity index (χ3v) is 6.36. The maximum atomic E-state index is 14.2. The zero-order chi connectivity index (χ0) is 21.8. The fraction of sp³-hybridized carbons (Fsp3) is 0.182. The molecule has 0 spiro atoms. The molecule has 0 N–H and O–H groups in total. The first-order chi connectivity index (χ1) is 14.9. The van der Waals surface area contributed by atoms with Gasteiger partial charge in [-0.25, -0.2) is 13.8 Å². The zero-order valence-corrected chi connectivity index (χ0v) is 17.0. The van der Waals surface area contributed by atoms with Crippen molar-refractivity contribution in [2.45, 2.75) is 18.3 Å². The summed E-state index contributed by atoms with van der Waals surface area (Å²) in [6, 6.07) is 5.89. The lowest BCUT2D eigenvalue weighted by molar-refractivity contribution is 0.393. The Labute approximate surface area is 179 Å². The molecule has 4 heterocycles. The van der Waals surface area contributed by atoms with Crippen molar-refractivity contribution in [3.63, 3.8) is 0 Å². The van der Waals surface area contributed by atoms with E-state index in [1.807, 2.05) is 0 Å². The van der Waals surface area contributed by atoms with Crippen LogP contribution >= 0.6 is 11.3 Å². The Morgan fingerprint density at radius 3 is 2.65 bits per heavy atom. The Bertz CT molecular complexity index is 1430. The van der Waals surface area contributed by atoms with Gasteiger partial charge in [-0.1, -0.05) is 0 Å². The number of nitrogens with zero attached hydrogens (tertiary/aromatic N) is 4. The molecule has 4 aromatic rings. The van der Waals surface area contributed by atoms with Crippen LogP contribution in [0.4, 0.5) is 8.78 Å². The van der Waals surface area contributed by atoms with Crippen molar-refractivity contribution in [2.24, 2.45) is 7.05 Å². The monoisotopic (exact) mass is 436 g/mol. The van der Waals surface area contributed by atoms with Crippen LogP contribution < -0.4 is 10.3 Å². The summed E-state index contributed by atoms with van der Waals surface area (Å²) < 4.78 is 35.9.